The Morgan fingerprint density at radius 1 is 1.19 bits per heavy atom. The molecule has 0 bridgehead atoms. The number of nitrogens with one attached hydrogen (secondary N) is 2. The lowest BCUT2D eigenvalue weighted by Crippen LogP contribution is -2.31. The Morgan fingerprint density at radius 3 is 2.44 bits per heavy atom. The van der Waals surface area contributed by atoms with Gasteiger partial charge in [-0.25, -0.2) is 0 Å². The molecule has 0 saturated heterocycles. The highest BCUT2D eigenvalue weighted by atomic mass is 35.5. The van der Waals surface area contributed by atoms with Crippen molar-refractivity contribution in [1.82, 2.24) is 10.6 Å². The summed E-state index contributed by atoms with van der Waals surface area (Å²) in [7, 11) is 0. The normalized spacial score (nSPS) is 12.7. The van der Waals surface area contributed by atoms with E-state index in [1.54, 1.807) is 6.92 Å². The number of aliphatic hydroxyl groups is 1. The van der Waals surface area contributed by atoms with Gasteiger partial charge in [0.05, 0.1) is 6.10 Å². The van der Waals surface area contributed by atoms with E-state index in [2.05, 4.69) is 10.6 Å². The van der Waals surface area contributed by atoms with Gasteiger partial charge in [0.15, 0.2) is 0 Å². The minimum atomic E-state index is -0.281. The molecule has 1 aromatic carbocycles. The predicted molar refractivity (Wildman–Crippen MR) is 67.7 cm³/mol. The van der Waals surface area contributed by atoms with Gasteiger partial charge in [-0.15, -0.1) is 0 Å². The molecule has 0 aliphatic heterocycles. The van der Waals surface area contributed by atoms with Crippen LogP contribution in [0.3, 0.4) is 0 Å². The predicted octanol–water partition coefficient (Wildman–Crippen LogP) is 1.40. The average molecular weight is 243 g/mol. The molecule has 3 nitrogen and oxygen atoms in total. The van der Waals surface area contributed by atoms with Gasteiger partial charge in [-0.3, -0.25) is 0 Å². The van der Waals surface area contributed by atoms with Gasteiger partial charge in [0, 0.05) is 31.2 Å². The van der Waals surface area contributed by atoms with E-state index in [0.717, 1.165) is 24.7 Å². The molecule has 0 amide bonds. The second-order valence-electron chi connectivity index (χ2n) is 3.86. The Morgan fingerprint density at radius 2 is 1.81 bits per heavy atom. The van der Waals surface area contributed by atoms with Crippen molar-refractivity contribution >= 4 is 11.6 Å². The molecule has 3 N–H and O–H groups in total. The zero-order valence-corrected chi connectivity index (χ0v) is 10.3. The van der Waals surface area contributed by atoms with Gasteiger partial charge in [-0.2, -0.15) is 0 Å². The van der Waals surface area contributed by atoms with Crippen molar-refractivity contribution in [3.05, 3.63) is 34.9 Å². The summed E-state index contributed by atoms with van der Waals surface area (Å²) in [4.78, 5) is 0. The van der Waals surface area contributed by atoms with Crippen LogP contribution in [0.2, 0.25) is 5.02 Å². The van der Waals surface area contributed by atoms with E-state index in [0.29, 0.717) is 6.54 Å². The molecular formula is C12H19ClN2O. The quantitative estimate of drug-likeness (QED) is 0.634. The lowest BCUT2D eigenvalue weighted by atomic mass is 10.2. The minimum Gasteiger partial charge on any atom is -0.392 e. The van der Waals surface area contributed by atoms with E-state index < -0.39 is 0 Å². The van der Waals surface area contributed by atoms with Gasteiger partial charge >= 0.3 is 0 Å². The highest BCUT2D eigenvalue weighted by molar-refractivity contribution is 6.30. The summed E-state index contributed by atoms with van der Waals surface area (Å²) >= 11 is 5.79. The second kappa shape index (κ2) is 7.63. The molecular weight excluding hydrogens is 224 g/mol. The van der Waals surface area contributed by atoms with Crippen molar-refractivity contribution < 1.29 is 5.11 Å². The van der Waals surface area contributed by atoms with Crippen LogP contribution in [0, 0.1) is 0 Å². The van der Waals surface area contributed by atoms with Gasteiger partial charge in [0.1, 0.15) is 0 Å². The standard InChI is InChI=1S/C12H19ClN2O/c1-10(16)8-14-6-7-15-9-11-2-4-12(13)5-3-11/h2-5,10,14-16H,6-9H2,1H3/t10-/m1/s1. The molecule has 0 fully saturated rings. The van der Waals surface area contributed by atoms with Crippen molar-refractivity contribution in [2.24, 2.45) is 0 Å². The Bertz CT molecular complexity index is 288. The maximum Gasteiger partial charge on any atom is 0.0636 e. The number of hydrogen-bond donors (Lipinski definition) is 3. The molecule has 1 rings (SSSR count). The van der Waals surface area contributed by atoms with Crippen LogP contribution in [0.1, 0.15) is 12.5 Å². The van der Waals surface area contributed by atoms with Crippen molar-refractivity contribution in [1.29, 1.82) is 0 Å². The molecule has 90 valence electrons. The van der Waals surface area contributed by atoms with E-state index in [-0.39, 0.29) is 6.10 Å². The maximum atomic E-state index is 9.02. The lowest BCUT2D eigenvalue weighted by Gasteiger charge is -2.08. The van der Waals surface area contributed by atoms with Crippen LogP contribution in [0.25, 0.3) is 0 Å². The zero-order valence-electron chi connectivity index (χ0n) is 9.54. The average Bonchev–Trinajstić information content (AvgIpc) is 2.25. The first-order chi connectivity index (χ1) is 7.68. The molecule has 0 aliphatic rings. The van der Waals surface area contributed by atoms with Crippen LogP contribution in [-0.2, 0) is 6.54 Å². The summed E-state index contributed by atoms with van der Waals surface area (Å²) in [5, 5.41) is 16.2. The first-order valence-electron chi connectivity index (χ1n) is 5.52. The van der Waals surface area contributed by atoms with Gasteiger partial charge < -0.3 is 15.7 Å². The number of rotatable bonds is 7. The summed E-state index contributed by atoms with van der Waals surface area (Å²) in [5.41, 5.74) is 1.22. The lowest BCUT2D eigenvalue weighted by molar-refractivity contribution is 0.191. The van der Waals surface area contributed by atoms with Gasteiger partial charge in [-0.05, 0) is 24.6 Å². The molecule has 1 atom stereocenters. The number of aliphatic hydroxyl groups excluding tert-OH is 1. The molecule has 0 radical (unpaired) electrons. The van der Waals surface area contributed by atoms with Crippen LogP contribution in [0.4, 0.5) is 0 Å². The van der Waals surface area contributed by atoms with Crippen molar-refractivity contribution in [2.75, 3.05) is 19.6 Å². The van der Waals surface area contributed by atoms with E-state index in [4.69, 9.17) is 16.7 Å². The summed E-state index contributed by atoms with van der Waals surface area (Å²) in [6.45, 7) is 5.00. The smallest absolute Gasteiger partial charge is 0.0636 e. The molecule has 0 aliphatic carbocycles. The fraction of sp³-hybridized carbons (Fsp3) is 0.500. The Hall–Kier alpha value is -0.610. The first-order valence-corrected chi connectivity index (χ1v) is 5.90. The third kappa shape index (κ3) is 6.08. The minimum absolute atomic E-state index is 0.281. The number of benzene rings is 1. The molecule has 0 aromatic heterocycles. The molecule has 0 unspecified atom stereocenters. The van der Waals surface area contributed by atoms with E-state index in [9.17, 15) is 0 Å². The Balaban J connectivity index is 2.05. The van der Waals surface area contributed by atoms with Crippen LogP contribution in [0.15, 0.2) is 24.3 Å². The van der Waals surface area contributed by atoms with Crippen LogP contribution < -0.4 is 10.6 Å². The Kier molecular flexibility index (Phi) is 6.42. The topological polar surface area (TPSA) is 44.3 Å². The van der Waals surface area contributed by atoms with Crippen molar-refractivity contribution in [3.8, 4) is 0 Å². The third-order valence-electron chi connectivity index (χ3n) is 2.16. The highest BCUT2D eigenvalue weighted by Crippen LogP contribution is 2.08. The summed E-state index contributed by atoms with van der Waals surface area (Å²) in [5.74, 6) is 0. The summed E-state index contributed by atoms with van der Waals surface area (Å²) in [6.07, 6.45) is -0.281. The third-order valence-corrected chi connectivity index (χ3v) is 2.41. The van der Waals surface area contributed by atoms with Crippen LogP contribution in [-0.4, -0.2) is 30.8 Å². The van der Waals surface area contributed by atoms with E-state index in [1.165, 1.54) is 5.56 Å². The molecule has 0 saturated carbocycles. The van der Waals surface area contributed by atoms with E-state index in [1.807, 2.05) is 24.3 Å². The van der Waals surface area contributed by atoms with E-state index >= 15 is 0 Å². The van der Waals surface area contributed by atoms with Crippen LogP contribution >= 0.6 is 11.6 Å². The van der Waals surface area contributed by atoms with Crippen molar-refractivity contribution in [2.45, 2.75) is 19.6 Å². The molecule has 16 heavy (non-hydrogen) atoms. The van der Waals surface area contributed by atoms with Gasteiger partial charge in [0.2, 0.25) is 0 Å². The fourth-order valence-electron chi connectivity index (χ4n) is 1.32. The SMILES string of the molecule is C[C@@H](O)CNCCNCc1ccc(Cl)cc1. The molecule has 1 aromatic rings. The monoisotopic (exact) mass is 242 g/mol. The molecule has 0 heterocycles. The van der Waals surface area contributed by atoms with Crippen molar-refractivity contribution in [3.63, 3.8) is 0 Å². The second-order valence-corrected chi connectivity index (χ2v) is 4.29. The summed E-state index contributed by atoms with van der Waals surface area (Å²) < 4.78 is 0. The summed E-state index contributed by atoms with van der Waals surface area (Å²) in [6, 6.07) is 7.81. The largest absolute Gasteiger partial charge is 0.392 e. The van der Waals surface area contributed by atoms with Gasteiger partial charge in [-0.1, -0.05) is 23.7 Å². The van der Waals surface area contributed by atoms with Gasteiger partial charge in [0.25, 0.3) is 0 Å². The molecule has 0 spiro atoms. The molecule has 4 heteroatoms. The Labute approximate surface area is 102 Å². The van der Waals surface area contributed by atoms with Crippen LogP contribution in [0.5, 0.6) is 0 Å². The zero-order chi connectivity index (χ0) is 11.8. The fourth-order valence-corrected chi connectivity index (χ4v) is 1.45. The maximum absolute atomic E-state index is 9.02. The highest BCUT2D eigenvalue weighted by Gasteiger charge is 1.94. The number of halogens is 1. The first kappa shape index (κ1) is 13.5. The number of hydrogen-bond acceptors (Lipinski definition) is 3.